The molecule has 0 spiro atoms. The van der Waals surface area contributed by atoms with Crippen LogP contribution in [0.2, 0.25) is 5.02 Å². The minimum atomic E-state index is -3.63. The van der Waals surface area contributed by atoms with Crippen molar-refractivity contribution in [3.8, 4) is 0 Å². The smallest absolute Gasteiger partial charge is 0.407 e. The Bertz CT molecular complexity index is 1250. The van der Waals surface area contributed by atoms with E-state index in [0.29, 0.717) is 55.4 Å². The van der Waals surface area contributed by atoms with Crippen LogP contribution in [0.4, 0.5) is 10.5 Å². The van der Waals surface area contributed by atoms with Crippen LogP contribution >= 0.6 is 27.5 Å². The number of alkyl carbamates (subject to hydrolysis) is 1. The van der Waals surface area contributed by atoms with Crippen molar-refractivity contribution in [1.29, 1.82) is 0 Å². The summed E-state index contributed by atoms with van der Waals surface area (Å²) in [4.78, 5) is 26.6. The van der Waals surface area contributed by atoms with E-state index in [9.17, 15) is 18.0 Å². The zero-order chi connectivity index (χ0) is 25.2. The molecule has 2 heterocycles. The van der Waals surface area contributed by atoms with Gasteiger partial charge in [-0.05, 0) is 53.7 Å². The molecule has 1 aliphatic carbocycles. The molecule has 1 amide bonds. The molecule has 2 aliphatic rings. The van der Waals surface area contributed by atoms with Crippen LogP contribution in [0, 0.1) is 0 Å². The number of ether oxygens (including phenoxy) is 1. The molecule has 2 aromatic rings. The molecule has 13 heteroatoms. The molecule has 0 bridgehead atoms. The molecule has 1 saturated carbocycles. The molecule has 1 aliphatic heterocycles. The van der Waals surface area contributed by atoms with E-state index < -0.39 is 16.1 Å². The van der Waals surface area contributed by atoms with Crippen LogP contribution < -0.4 is 20.5 Å². The van der Waals surface area contributed by atoms with E-state index in [1.807, 2.05) is 4.90 Å². The van der Waals surface area contributed by atoms with Crippen LogP contribution in [0.5, 0.6) is 0 Å². The second-order valence-electron chi connectivity index (χ2n) is 8.78. The zero-order valence-electron chi connectivity index (χ0n) is 19.1. The Morgan fingerprint density at radius 1 is 1.17 bits per heavy atom. The highest BCUT2D eigenvalue weighted by Gasteiger charge is 2.31. The highest BCUT2D eigenvalue weighted by Crippen LogP contribution is 2.27. The summed E-state index contributed by atoms with van der Waals surface area (Å²) in [6.45, 7) is 1.01. The molecule has 1 aromatic heterocycles. The second kappa shape index (κ2) is 10.9. The van der Waals surface area contributed by atoms with E-state index in [1.54, 1.807) is 24.3 Å². The van der Waals surface area contributed by atoms with Gasteiger partial charge < -0.3 is 15.0 Å². The van der Waals surface area contributed by atoms with Gasteiger partial charge in [0.1, 0.15) is 11.1 Å². The van der Waals surface area contributed by atoms with Gasteiger partial charge in [0.2, 0.25) is 10.0 Å². The largest absolute Gasteiger partial charge is 0.444 e. The van der Waals surface area contributed by atoms with Crippen molar-refractivity contribution < 1.29 is 17.9 Å². The van der Waals surface area contributed by atoms with Crippen molar-refractivity contribution in [3.63, 3.8) is 0 Å². The Balaban J connectivity index is 1.23. The van der Waals surface area contributed by atoms with Crippen LogP contribution in [0.25, 0.3) is 0 Å². The number of aryl methyl sites for hydroxylation is 1. The normalized spacial score (nSPS) is 22.7. The van der Waals surface area contributed by atoms with Gasteiger partial charge >= 0.3 is 6.09 Å². The SMILES string of the molecule is Cn1ncc(N2CC[C@@H](OC(=O)NC3CCC(NS(=O)(=O)c4ccccc4Br)CC3)C2)c(Cl)c1=O. The summed E-state index contributed by atoms with van der Waals surface area (Å²) in [6, 6.07) is 6.42. The van der Waals surface area contributed by atoms with E-state index in [2.05, 4.69) is 31.1 Å². The van der Waals surface area contributed by atoms with Gasteiger partial charge in [-0.2, -0.15) is 5.10 Å². The first-order chi connectivity index (χ1) is 16.6. The number of carbonyl (C=O) groups is 1. The monoisotopic (exact) mass is 587 g/mol. The fourth-order valence-corrected chi connectivity index (χ4v) is 7.02. The van der Waals surface area contributed by atoms with E-state index >= 15 is 0 Å². The van der Waals surface area contributed by atoms with Gasteiger partial charge in [-0.15, -0.1) is 0 Å². The van der Waals surface area contributed by atoms with Crippen LogP contribution in [-0.4, -0.2) is 55.6 Å². The third-order valence-electron chi connectivity index (χ3n) is 6.32. The highest BCUT2D eigenvalue weighted by atomic mass is 79.9. The van der Waals surface area contributed by atoms with Gasteiger partial charge in [-0.3, -0.25) is 4.79 Å². The fraction of sp³-hybridized carbons (Fsp3) is 0.500. The molecule has 2 fully saturated rings. The molecule has 2 N–H and O–H groups in total. The predicted molar refractivity (Wildman–Crippen MR) is 135 cm³/mol. The summed E-state index contributed by atoms with van der Waals surface area (Å²) in [7, 11) is -2.10. The number of halogens is 2. The summed E-state index contributed by atoms with van der Waals surface area (Å²) in [5.74, 6) is 0. The number of rotatable bonds is 6. The fourth-order valence-electron chi connectivity index (χ4n) is 4.42. The number of hydrogen-bond donors (Lipinski definition) is 2. The predicted octanol–water partition coefficient (Wildman–Crippen LogP) is 2.79. The second-order valence-corrected chi connectivity index (χ2v) is 11.7. The maximum atomic E-state index is 12.7. The number of hydrogen-bond acceptors (Lipinski definition) is 7. The Morgan fingerprint density at radius 3 is 2.57 bits per heavy atom. The number of amides is 1. The summed E-state index contributed by atoms with van der Waals surface area (Å²) in [6.07, 6.45) is 3.83. The van der Waals surface area contributed by atoms with Crippen molar-refractivity contribution in [1.82, 2.24) is 19.8 Å². The molecule has 35 heavy (non-hydrogen) atoms. The molecule has 10 nitrogen and oxygen atoms in total. The maximum absolute atomic E-state index is 12.7. The molecule has 1 aromatic carbocycles. The van der Waals surface area contributed by atoms with Crippen LogP contribution in [0.15, 0.2) is 44.6 Å². The van der Waals surface area contributed by atoms with Gasteiger partial charge in [0.15, 0.2) is 0 Å². The minimum absolute atomic E-state index is 0.0833. The van der Waals surface area contributed by atoms with Gasteiger partial charge in [0.25, 0.3) is 5.56 Å². The van der Waals surface area contributed by atoms with E-state index in [1.165, 1.54) is 17.9 Å². The number of sulfonamides is 1. The Kier molecular flexibility index (Phi) is 8.04. The zero-order valence-corrected chi connectivity index (χ0v) is 22.3. The molecule has 1 saturated heterocycles. The lowest BCUT2D eigenvalue weighted by molar-refractivity contribution is 0.102. The van der Waals surface area contributed by atoms with Crippen LogP contribution in [0.1, 0.15) is 32.1 Å². The molecule has 1 atom stereocenters. The van der Waals surface area contributed by atoms with Crippen LogP contribution in [-0.2, 0) is 21.8 Å². The number of aromatic nitrogens is 2. The van der Waals surface area contributed by atoms with Crippen molar-refractivity contribution in [3.05, 3.63) is 50.3 Å². The van der Waals surface area contributed by atoms with E-state index in [-0.39, 0.29) is 33.7 Å². The summed E-state index contributed by atoms with van der Waals surface area (Å²) in [5.41, 5.74) is 0.158. The lowest BCUT2D eigenvalue weighted by atomic mass is 9.92. The number of anilines is 1. The Hall–Kier alpha value is -2.15. The first-order valence-electron chi connectivity index (χ1n) is 11.3. The number of nitrogens with one attached hydrogen (secondary N) is 2. The average Bonchev–Trinajstić information content (AvgIpc) is 3.26. The third-order valence-corrected chi connectivity index (χ3v) is 9.20. The molecule has 4 rings (SSSR count). The van der Waals surface area contributed by atoms with Gasteiger partial charge in [0.05, 0.1) is 23.3 Å². The quantitative estimate of drug-likeness (QED) is 0.532. The van der Waals surface area contributed by atoms with Crippen LogP contribution in [0.3, 0.4) is 0 Å². The minimum Gasteiger partial charge on any atom is -0.444 e. The van der Waals surface area contributed by atoms with E-state index in [4.69, 9.17) is 16.3 Å². The standard InChI is InChI=1S/C22H27BrClN5O5S/c1-28-21(30)20(24)18(12-25-28)29-11-10-16(13-29)34-22(31)26-14-6-8-15(9-7-14)27-35(32,33)19-5-3-2-4-17(19)23/h2-5,12,14-16,27H,6-11,13H2,1H3,(H,26,31)/t14?,15?,16-/m1/s1. The topological polar surface area (TPSA) is 123 Å². The number of nitrogens with zero attached hydrogens (tertiary/aromatic N) is 3. The Labute approximate surface area is 217 Å². The van der Waals surface area contributed by atoms with Gasteiger partial charge in [0, 0.05) is 36.6 Å². The number of benzene rings is 1. The molecular formula is C22H27BrClN5O5S. The van der Waals surface area contributed by atoms with E-state index in [0.717, 1.165) is 0 Å². The number of carbonyl (C=O) groups excluding carboxylic acids is 1. The summed E-state index contributed by atoms with van der Waals surface area (Å²) >= 11 is 9.46. The molecule has 0 unspecified atom stereocenters. The van der Waals surface area contributed by atoms with Crippen molar-refractivity contribution >= 4 is 49.3 Å². The third kappa shape index (κ3) is 6.16. The Morgan fingerprint density at radius 2 is 1.86 bits per heavy atom. The van der Waals surface area contributed by atoms with Crippen molar-refractivity contribution in [2.24, 2.45) is 7.05 Å². The lowest BCUT2D eigenvalue weighted by Crippen LogP contribution is -2.44. The summed E-state index contributed by atoms with van der Waals surface area (Å²) in [5, 5.41) is 7.00. The average molecular weight is 589 g/mol. The maximum Gasteiger partial charge on any atom is 0.407 e. The lowest BCUT2D eigenvalue weighted by Gasteiger charge is -2.29. The van der Waals surface area contributed by atoms with Gasteiger partial charge in [-0.25, -0.2) is 22.6 Å². The highest BCUT2D eigenvalue weighted by molar-refractivity contribution is 9.10. The van der Waals surface area contributed by atoms with Crippen molar-refractivity contribution in [2.75, 3.05) is 18.0 Å². The first kappa shape index (κ1) is 25.9. The molecule has 190 valence electrons. The molecular weight excluding hydrogens is 562 g/mol. The molecule has 0 radical (unpaired) electrons. The summed E-state index contributed by atoms with van der Waals surface area (Å²) < 4.78 is 35.4. The van der Waals surface area contributed by atoms with Crippen molar-refractivity contribution in [2.45, 2.75) is 55.2 Å². The first-order valence-corrected chi connectivity index (χ1v) is 14.0. The van der Waals surface area contributed by atoms with Gasteiger partial charge in [-0.1, -0.05) is 23.7 Å².